The van der Waals surface area contributed by atoms with Crippen molar-refractivity contribution < 1.29 is 58.5 Å². The Bertz CT molecular complexity index is 1470. The number of hydrogen-bond acceptors (Lipinski definition) is 13. The van der Waals surface area contributed by atoms with Crippen LogP contribution in [0.2, 0.25) is 0 Å². The molecule has 0 aliphatic carbocycles. The molecule has 0 unspecified atom stereocenters. The fourth-order valence-electron chi connectivity index (χ4n) is 4.76. The smallest absolute Gasteiger partial charge is 0.326 e. The minimum Gasteiger partial charge on any atom is -0.481 e. The Morgan fingerprint density at radius 3 is 1.42 bits per heavy atom. The van der Waals surface area contributed by atoms with E-state index < -0.39 is 115 Å². The minimum absolute atomic E-state index is 0.0515. The number of carboxylic acid groups (broad SMARTS) is 3. The van der Waals surface area contributed by atoms with Crippen LogP contribution < -0.4 is 61.0 Å². The van der Waals surface area contributed by atoms with Crippen molar-refractivity contribution in [3.63, 3.8) is 0 Å². The summed E-state index contributed by atoms with van der Waals surface area (Å²) in [4.78, 5) is 120. The lowest BCUT2D eigenvalue weighted by atomic mass is 10.0. The zero-order valence-corrected chi connectivity index (χ0v) is 32.3. The predicted octanol–water partition coefficient (Wildman–Crippen LogP) is -5.71. The average molecular weight is 834 g/mol. The molecule has 0 heterocycles. The minimum atomic E-state index is -1.87. The van der Waals surface area contributed by atoms with Crippen LogP contribution in [-0.4, -0.2) is 142 Å². The van der Waals surface area contributed by atoms with Crippen LogP contribution in [-0.2, 0) is 43.2 Å². The van der Waals surface area contributed by atoms with Gasteiger partial charge in [-0.2, -0.15) is 11.8 Å². The number of carboxylic acids is 3. The average Bonchev–Trinajstić information content (AvgIpc) is 3.11. The van der Waals surface area contributed by atoms with Crippen LogP contribution in [0.3, 0.4) is 0 Å². The lowest BCUT2D eigenvalue weighted by Gasteiger charge is -2.27. The van der Waals surface area contributed by atoms with Crippen molar-refractivity contribution in [2.75, 3.05) is 25.1 Å². The molecule has 0 aromatic heterocycles. The van der Waals surface area contributed by atoms with Gasteiger partial charge in [0.15, 0.2) is 11.9 Å². The van der Waals surface area contributed by atoms with Crippen molar-refractivity contribution in [2.24, 2.45) is 44.4 Å². The number of thioether (sulfide) groups is 1. The summed E-state index contributed by atoms with van der Waals surface area (Å²) in [5.41, 5.74) is 32.6. The molecule has 0 saturated carbocycles. The summed E-state index contributed by atoms with van der Waals surface area (Å²) in [7, 11) is 0. The molecule has 0 spiro atoms. The van der Waals surface area contributed by atoms with Crippen LogP contribution in [0.4, 0.5) is 0 Å². The van der Waals surface area contributed by atoms with Gasteiger partial charge in [-0.25, -0.2) is 4.79 Å². The number of rotatable bonds is 30. The number of guanidine groups is 2. The van der Waals surface area contributed by atoms with E-state index in [1.54, 1.807) is 6.26 Å². The standard InChI is InChI=1S/C31H55N13O12S/c1-57-13-10-18(27(53)44-20(14-23(48)49)28(54)43-19(29(55)56)7-9-22(46)47)42-26(52)17(6-8-21(33)45)41-25(51)16(5-3-12-39-31(36)37)40-24(50)15(32)4-2-11-38-30(34)35/h15-20H,2-14,32H2,1H3,(H2,33,45)(H,40,50)(H,41,51)(H,42,52)(H,43,54)(H,44,53)(H,46,47)(H,48,49)(H,55,56)(H4,34,35,38)(H4,36,37,39)/t15-,16-,17-,18+,19-,20-/m0/s1. The molecule has 0 aromatic rings. The summed E-state index contributed by atoms with van der Waals surface area (Å²) in [6.45, 7) is 0.246. The highest BCUT2D eigenvalue weighted by atomic mass is 32.2. The summed E-state index contributed by atoms with van der Waals surface area (Å²) < 4.78 is 0. The highest BCUT2D eigenvalue weighted by Gasteiger charge is 2.33. The number of nitrogens with one attached hydrogen (secondary N) is 5. The summed E-state index contributed by atoms with van der Waals surface area (Å²) in [6.07, 6.45) is -0.875. The number of nitrogens with two attached hydrogens (primary N) is 6. The molecule has 0 aliphatic heterocycles. The third kappa shape index (κ3) is 23.6. The zero-order valence-electron chi connectivity index (χ0n) is 31.4. The SMILES string of the molecule is CSCC[C@@H](NC(=O)[C@H](CCC(N)=O)NC(=O)[C@H](CCCN=C(N)N)NC(=O)[C@@H](N)CCCN=C(N)N)C(=O)N[C@@H](CC(=O)O)C(=O)N[C@@H](CCC(=O)O)C(=O)O. The molecule has 0 fully saturated rings. The third-order valence-corrected chi connectivity index (χ3v) is 8.36. The molecule has 0 aliphatic rings. The van der Waals surface area contributed by atoms with Crippen LogP contribution in [0, 0.1) is 0 Å². The largest absolute Gasteiger partial charge is 0.481 e. The van der Waals surface area contributed by atoms with Crippen molar-refractivity contribution >= 4 is 77.0 Å². The fourth-order valence-corrected chi connectivity index (χ4v) is 5.23. The quantitative estimate of drug-likeness (QED) is 0.0182. The van der Waals surface area contributed by atoms with Crippen molar-refractivity contribution in [3.8, 4) is 0 Å². The number of amides is 6. The van der Waals surface area contributed by atoms with E-state index in [2.05, 4.69) is 31.3 Å². The highest BCUT2D eigenvalue weighted by Crippen LogP contribution is 2.09. The molecule has 0 radical (unpaired) electrons. The first-order valence-corrected chi connectivity index (χ1v) is 18.9. The maximum Gasteiger partial charge on any atom is 0.326 e. The van der Waals surface area contributed by atoms with Gasteiger partial charge >= 0.3 is 17.9 Å². The highest BCUT2D eigenvalue weighted by molar-refractivity contribution is 7.98. The van der Waals surface area contributed by atoms with Crippen molar-refractivity contribution in [1.29, 1.82) is 0 Å². The Kier molecular flexibility index (Phi) is 24.8. The Balaban J connectivity index is 6.30. The molecule has 6 atom stereocenters. The molecule has 0 bridgehead atoms. The number of hydrogen-bond donors (Lipinski definition) is 14. The molecule has 0 saturated heterocycles. The van der Waals surface area contributed by atoms with Gasteiger partial charge in [0, 0.05) is 25.9 Å². The molecular weight excluding hydrogens is 778 g/mol. The first kappa shape index (κ1) is 51.1. The maximum atomic E-state index is 13.7. The molecule has 0 rings (SSSR count). The molecule has 25 nitrogen and oxygen atoms in total. The Morgan fingerprint density at radius 2 is 0.965 bits per heavy atom. The van der Waals surface area contributed by atoms with Crippen molar-refractivity contribution in [3.05, 3.63) is 0 Å². The van der Waals surface area contributed by atoms with Gasteiger partial charge in [0.25, 0.3) is 0 Å². The predicted molar refractivity (Wildman–Crippen MR) is 206 cm³/mol. The molecule has 20 N–H and O–H groups in total. The number of primary amides is 1. The second-order valence-corrected chi connectivity index (χ2v) is 13.5. The number of aliphatic carboxylic acids is 3. The molecular formula is C31H55N13O12S. The lowest BCUT2D eigenvalue weighted by molar-refractivity contribution is -0.144. The van der Waals surface area contributed by atoms with Gasteiger partial charge in [-0.3, -0.25) is 48.3 Å². The normalized spacial score (nSPS) is 13.8. The second kappa shape index (κ2) is 27.6. The van der Waals surface area contributed by atoms with E-state index >= 15 is 0 Å². The van der Waals surface area contributed by atoms with Crippen molar-refractivity contribution in [2.45, 2.75) is 100 Å². The zero-order chi connectivity index (χ0) is 43.7. The Labute approximate surface area is 331 Å². The monoisotopic (exact) mass is 833 g/mol. The second-order valence-electron chi connectivity index (χ2n) is 12.5. The Morgan fingerprint density at radius 1 is 0.544 bits per heavy atom. The number of aliphatic imine (C=N–C) groups is 2. The maximum absolute atomic E-state index is 13.7. The lowest BCUT2D eigenvalue weighted by Crippen LogP contribution is -2.59. The van der Waals surface area contributed by atoms with Gasteiger partial charge < -0.3 is 76.3 Å². The van der Waals surface area contributed by atoms with Gasteiger partial charge in [0.05, 0.1) is 12.5 Å². The van der Waals surface area contributed by atoms with Crippen LogP contribution >= 0.6 is 11.8 Å². The van der Waals surface area contributed by atoms with E-state index in [4.69, 9.17) is 39.5 Å². The van der Waals surface area contributed by atoms with E-state index in [1.807, 2.05) is 5.32 Å². The van der Waals surface area contributed by atoms with E-state index in [1.165, 1.54) is 11.8 Å². The molecule has 0 aromatic carbocycles. The van der Waals surface area contributed by atoms with E-state index in [0.29, 0.717) is 6.42 Å². The van der Waals surface area contributed by atoms with E-state index in [9.17, 15) is 53.4 Å². The molecule has 57 heavy (non-hydrogen) atoms. The van der Waals surface area contributed by atoms with Crippen LogP contribution in [0.5, 0.6) is 0 Å². The topological polar surface area (TPSA) is 455 Å². The molecule has 322 valence electrons. The fraction of sp³-hybridized carbons (Fsp3) is 0.645. The molecule has 26 heteroatoms. The number of nitrogens with zero attached hydrogens (tertiary/aromatic N) is 2. The Hall–Kier alpha value is -5.92. The van der Waals surface area contributed by atoms with Crippen LogP contribution in [0.1, 0.15) is 64.2 Å². The van der Waals surface area contributed by atoms with Crippen molar-refractivity contribution in [1.82, 2.24) is 26.6 Å². The summed E-state index contributed by atoms with van der Waals surface area (Å²) in [5, 5.41) is 39.3. The summed E-state index contributed by atoms with van der Waals surface area (Å²) >= 11 is 1.25. The number of carbonyl (C=O) groups excluding carboxylic acids is 6. The van der Waals surface area contributed by atoms with Gasteiger partial charge in [0.1, 0.15) is 30.2 Å². The summed E-state index contributed by atoms with van der Waals surface area (Å²) in [5.74, 6) is -10.5. The number of carbonyl (C=O) groups is 9. The van der Waals surface area contributed by atoms with Crippen LogP contribution in [0.15, 0.2) is 9.98 Å². The van der Waals surface area contributed by atoms with E-state index in [0.717, 1.165) is 0 Å². The van der Waals surface area contributed by atoms with Gasteiger partial charge in [0.2, 0.25) is 35.4 Å². The summed E-state index contributed by atoms with van der Waals surface area (Å²) in [6, 6.07) is -9.03. The third-order valence-electron chi connectivity index (χ3n) is 7.71. The first-order valence-electron chi connectivity index (χ1n) is 17.5. The van der Waals surface area contributed by atoms with E-state index in [-0.39, 0.29) is 62.9 Å². The van der Waals surface area contributed by atoms with Gasteiger partial charge in [-0.15, -0.1) is 0 Å². The van der Waals surface area contributed by atoms with Crippen LogP contribution in [0.25, 0.3) is 0 Å². The molecule has 6 amide bonds. The van der Waals surface area contributed by atoms with Gasteiger partial charge in [-0.05, 0) is 57.0 Å². The van der Waals surface area contributed by atoms with Gasteiger partial charge in [-0.1, -0.05) is 0 Å². The first-order chi connectivity index (χ1) is 26.7.